The molecule has 2 N–H and O–H groups in total. The molecule has 1 unspecified atom stereocenters. The molecule has 1 amide bonds. The highest BCUT2D eigenvalue weighted by Crippen LogP contribution is 2.60. The highest BCUT2D eigenvalue weighted by Gasteiger charge is 2.61. The summed E-state index contributed by atoms with van der Waals surface area (Å²) in [5.74, 6) is -0.0988. The van der Waals surface area contributed by atoms with Gasteiger partial charge in [-0.3, -0.25) is 4.79 Å². The molecule has 0 saturated heterocycles. The monoisotopic (exact) mass is 167 g/mol. The van der Waals surface area contributed by atoms with Gasteiger partial charge < -0.3 is 10.4 Å². The second-order valence-corrected chi connectivity index (χ2v) is 3.89. The maximum Gasteiger partial charge on any atom is 0.243 e. The van der Waals surface area contributed by atoms with Crippen molar-refractivity contribution in [3.8, 4) is 0 Å². The summed E-state index contributed by atoms with van der Waals surface area (Å²) in [6.45, 7) is 3.39. The minimum absolute atomic E-state index is 0.0988. The number of aliphatic hydroxyl groups is 1. The predicted molar refractivity (Wildman–Crippen MR) is 44.4 cm³/mol. The first-order valence-electron chi connectivity index (χ1n) is 4.27. The summed E-state index contributed by atoms with van der Waals surface area (Å²) in [7, 11) is 0. The van der Waals surface area contributed by atoms with Gasteiger partial charge in [0.1, 0.15) is 0 Å². The quantitative estimate of drug-likeness (QED) is 0.577. The molecule has 1 atom stereocenters. The SMILES string of the molecule is C=CC(=O)NC1CC12CC(O)C2. The molecule has 2 fully saturated rings. The van der Waals surface area contributed by atoms with E-state index in [1.807, 2.05) is 0 Å². The summed E-state index contributed by atoms with van der Waals surface area (Å²) in [5, 5.41) is 11.9. The molecule has 12 heavy (non-hydrogen) atoms. The Kier molecular flexibility index (Phi) is 1.51. The lowest BCUT2D eigenvalue weighted by Crippen LogP contribution is -2.38. The van der Waals surface area contributed by atoms with E-state index in [0.717, 1.165) is 19.3 Å². The molecular weight excluding hydrogens is 154 g/mol. The van der Waals surface area contributed by atoms with E-state index in [0.29, 0.717) is 6.04 Å². The zero-order chi connectivity index (χ0) is 8.77. The van der Waals surface area contributed by atoms with E-state index in [-0.39, 0.29) is 17.4 Å². The molecule has 66 valence electrons. The molecule has 2 rings (SSSR count). The minimum Gasteiger partial charge on any atom is -0.393 e. The molecule has 0 aromatic rings. The van der Waals surface area contributed by atoms with Gasteiger partial charge in [0.15, 0.2) is 0 Å². The highest BCUT2D eigenvalue weighted by molar-refractivity contribution is 5.87. The van der Waals surface area contributed by atoms with Gasteiger partial charge in [-0.2, -0.15) is 0 Å². The molecule has 2 aliphatic rings. The molecule has 0 aromatic carbocycles. The van der Waals surface area contributed by atoms with Gasteiger partial charge in [0.2, 0.25) is 5.91 Å². The van der Waals surface area contributed by atoms with E-state index in [2.05, 4.69) is 11.9 Å². The number of amides is 1. The van der Waals surface area contributed by atoms with Crippen molar-refractivity contribution in [1.82, 2.24) is 5.32 Å². The first kappa shape index (κ1) is 7.80. The lowest BCUT2D eigenvalue weighted by Gasteiger charge is -2.32. The second kappa shape index (κ2) is 2.33. The van der Waals surface area contributed by atoms with E-state index in [4.69, 9.17) is 5.11 Å². The van der Waals surface area contributed by atoms with Crippen LogP contribution in [0, 0.1) is 5.41 Å². The molecule has 0 bridgehead atoms. The normalized spacial score (nSPS) is 43.4. The van der Waals surface area contributed by atoms with Gasteiger partial charge in [0, 0.05) is 6.04 Å². The highest BCUT2D eigenvalue weighted by atomic mass is 16.3. The number of rotatable bonds is 2. The summed E-state index contributed by atoms with van der Waals surface area (Å²) in [5.41, 5.74) is 0.262. The van der Waals surface area contributed by atoms with Gasteiger partial charge in [0.25, 0.3) is 0 Å². The number of carbonyl (C=O) groups is 1. The average Bonchev–Trinajstić information content (AvgIpc) is 2.63. The first-order valence-corrected chi connectivity index (χ1v) is 4.27. The molecule has 3 heteroatoms. The van der Waals surface area contributed by atoms with E-state index < -0.39 is 0 Å². The van der Waals surface area contributed by atoms with Crippen LogP contribution in [0.5, 0.6) is 0 Å². The van der Waals surface area contributed by atoms with Crippen LogP contribution in [-0.2, 0) is 4.79 Å². The van der Waals surface area contributed by atoms with Crippen LogP contribution in [0.1, 0.15) is 19.3 Å². The van der Waals surface area contributed by atoms with Crippen LogP contribution < -0.4 is 5.32 Å². The van der Waals surface area contributed by atoms with Crippen molar-refractivity contribution in [1.29, 1.82) is 0 Å². The number of aliphatic hydroxyl groups excluding tert-OH is 1. The lowest BCUT2D eigenvalue weighted by atomic mass is 9.78. The minimum atomic E-state index is -0.129. The maximum atomic E-state index is 10.9. The van der Waals surface area contributed by atoms with Gasteiger partial charge in [-0.1, -0.05) is 6.58 Å². The Labute approximate surface area is 71.5 Å². The lowest BCUT2D eigenvalue weighted by molar-refractivity contribution is -0.117. The van der Waals surface area contributed by atoms with E-state index in [9.17, 15) is 4.79 Å². The Morgan fingerprint density at radius 3 is 2.75 bits per heavy atom. The van der Waals surface area contributed by atoms with E-state index >= 15 is 0 Å². The van der Waals surface area contributed by atoms with Gasteiger partial charge in [-0.15, -0.1) is 0 Å². The third kappa shape index (κ3) is 1.05. The summed E-state index contributed by atoms with van der Waals surface area (Å²) in [6, 6.07) is 0.298. The molecule has 1 spiro atoms. The Morgan fingerprint density at radius 1 is 1.58 bits per heavy atom. The molecule has 2 saturated carbocycles. The summed E-state index contributed by atoms with van der Waals surface area (Å²) in [4.78, 5) is 10.9. The van der Waals surface area contributed by atoms with Crippen LogP contribution in [-0.4, -0.2) is 23.2 Å². The van der Waals surface area contributed by atoms with Crippen LogP contribution >= 0.6 is 0 Å². The fraction of sp³-hybridized carbons (Fsp3) is 0.667. The van der Waals surface area contributed by atoms with Crippen molar-refractivity contribution in [2.45, 2.75) is 31.4 Å². The van der Waals surface area contributed by atoms with Gasteiger partial charge in [-0.05, 0) is 30.8 Å². The Bertz CT molecular complexity index is 231. The Balaban J connectivity index is 1.81. The van der Waals surface area contributed by atoms with E-state index in [1.165, 1.54) is 6.08 Å². The van der Waals surface area contributed by atoms with Crippen LogP contribution in [0.15, 0.2) is 12.7 Å². The van der Waals surface area contributed by atoms with Crippen LogP contribution in [0.25, 0.3) is 0 Å². The molecular formula is C9H13NO2. The van der Waals surface area contributed by atoms with Crippen molar-refractivity contribution >= 4 is 5.91 Å². The molecule has 0 aromatic heterocycles. The first-order chi connectivity index (χ1) is 5.66. The third-order valence-electron chi connectivity index (χ3n) is 2.98. The smallest absolute Gasteiger partial charge is 0.243 e. The number of nitrogens with one attached hydrogen (secondary N) is 1. The zero-order valence-corrected chi connectivity index (χ0v) is 6.92. The van der Waals surface area contributed by atoms with Gasteiger partial charge in [-0.25, -0.2) is 0 Å². The zero-order valence-electron chi connectivity index (χ0n) is 6.92. The van der Waals surface area contributed by atoms with Crippen molar-refractivity contribution < 1.29 is 9.90 Å². The fourth-order valence-corrected chi connectivity index (χ4v) is 2.11. The number of hydrogen-bond acceptors (Lipinski definition) is 2. The van der Waals surface area contributed by atoms with Crippen LogP contribution in [0.4, 0.5) is 0 Å². The predicted octanol–water partition coefficient (Wildman–Crippen LogP) is 0.202. The molecule has 0 aliphatic heterocycles. The summed E-state index contributed by atoms with van der Waals surface area (Å²) >= 11 is 0. The van der Waals surface area contributed by atoms with Crippen molar-refractivity contribution in [2.24, 2.45) is 5.41 Å². The standard InChI is InChI=1S/C9H13NO2/c1-2-8(12)10-7-5-9(7)3-6(11)4-9/h2,6-7,11H,1,3-5H2,(H,10,12). The topological polar surface area (TPSA) is 49.3 Å². The Morgan fingerprint density at radius 2 is 2.25 bits per heavy atom. The number of hydrogen-bond donors (Lipinski definition) is 2. The van der Waals surface area contributed by atoms with Crippen LogP contribution in [0.2, 0.25) is 0 Å². The Hall–Kier alpha value is -0.830. The molecule has 0 heterocycles. The summed E-state index contributed by atoms with van der Waals surface area (Å²) in [6.07, 6.45) is 3.91. The van der Waals surface area contributed by atoms with Crippen molar-refractivity contribution in [2.75, 3.05) is 0 Å². The van der Waals surface area contributed by atoms with Gasteiger partial charge >= 0.3 is 0 Å². The second-order valence-electron chi connectivity index (χ2n) is 3.89. The average molecular weight is 167 g/mol. The third-order valence-corrected chi connectivity index (χ3v) is 2.98. The molecule has 0 radical (unpaired) electrons. The van der Waals surface area contributed by atoms with Gasteiger partial charge in [0.05, 0.1) is 6.10 Å². The number of carbonyl (C=O) groups excluding carboxylic acids is 1. The summed E-state index contributed by atoms with van der Waals surface area (Å²) < 4.78 is 0. The largest absolute Gasteiger partial charge is 0.393 e. The molecule has 2 aliphatic carbocycles. The van der Waals surface area contributed by atoms with E-state index in [1.54, 1.807) is 0 Å². The van der Waals surface area contributed by atoms with Crippen LogP contribution in [0.3, 0.4) is 0 Å². The van der Waals surface area contributed by atoms with Crippen molar-refractivity contribution in [3.63, 3.8) is 0 Å². The molecule has 3 nitrogen and oxygen atoms in total. The fourth-order valence-electron chi connectivity index (χ4n) is 2.11. The maximum absolute atomic E-state index is 10.9. The van der Waals surface area contributed by atoms with Crippen molar-refractivity contribution in [3.05, 3.63) is 12.7 Å².